The molecule has 0 aromatic heterocycles. The number of halogens is 2. The van der Waals surface area contributed by atoms with Crippen molar-refractivity contribution in [3.63, 3.8) is 0 Å². The number of nitrogens with zero attached hydrogens (tertiary/aromatic N) is 1. The number of amides is 2. The van der Waals surface area contributed by atoms with Crippen molar-refractivity contribution < 1.29 is 14.3 Å². The smallest absolute Gasteiger partial charge is 0.261 e. The van der Waals surface area contributed by atoms with Gasteiger partial charge in [0.1, 0.15) is 11.8 Å². The molecule has 26 heavy (non-hydrogen) atoms. The van der Waals surface area contributed by atoms with Crippen LogP contribution in [-0.4, -0.2) is 36.4 Å². The Morgan fingerprint density at radius 1 is 1.27 bits per heavy atom. The number of carbonyl (C=O) groups is 2. The average Bonchev–Trinajstić information content (AvgIpc) is 2.60. The molecule has 5 nitrogen and oxygen atoms in total. The fourth-order valence-electron chi connectivity index (χ4n) is 2.92. The lowest BCUT2D eigenvalue weighted by molar-refractivity contribution is -0.145. The van der Waals surface area contributed by atoms with E-state index in [4.69, 9.17) is 27.9 Å². The molecule has 7 heteroatoms. The van der Waals surface area contributed by atoms with E-state index in [2.05, 4.69) is 5.32 Å². The largest absolute Gasteiger partial charge is 0.482 e. The van der Waals surface area contributed by atoms with E-state index in [0.29, 0.717) is 28.9 Å². The highest BCUT2D eigenvalue weighted by atomic mass is 35.5. The third kappa shape index (κ3) is 4.11. The first-order valence-corrected chi connectivity index (χ1v) is 8.93. The van der Waals surface area contributed by atoms with Gasteiger partial charge in [-0.3, -0.25) is 9.59 Å². The van der Waals surface area contributed by atoms with Crippen molar-refractivity contribution in [2.45, 2.75) is 13.0 Å². The summed E-state index contributed by atoms with van der Waals surface area (Å²) >= 11 is 11.9. The van der Waals surface area contributed by atoms with E-state index in [9.17, 15) is 9.59 Å². The van der Waals surface area contributed by atoms with Gasteiger partial charge in [-0.05, 0) is 30.7 Å². The van der Waals surface area contributed by atoms with Crippen LogP contribution >= 0.6 is 23.2 Å². The predicted octanol–water partition coefficient (Wildman–Crippen LogP) is 3.38. The molecule has 1 saturated heterocycles. The molecule has 1 heterocycles. The SMILES string of the molecule is Cc1cccc(C2C(=O)NCCN2C(=O)COc2ccc(Cl)cc2Cl)c1. The summed E-state index contributed by atoms with van der Waals surface area (Å²) in [5.41, 5.74) is 1.80. The summed E-state index contributed by atoms with van der Waals surface area (Å²) in [4.78, 5) is 26.7. The molecular formula is C19H18Cl2N2O3. The number of hydrogen-bond donors (Lipinski definition) is 1. The molecule has 0 bridgehead atoms. The van der Waals surface area contributed by atoms with Gasteiger partial charge in [-0.25, -0.2) is 0 Å². The van der Waals surface area contributed by atoms with Gasteiger partial charge in [-0.1, -0.05) is 53.0 Å². The van der Waals surface area contributed by atoms with Crippen LogP contribution in [0.4, 0.5) is 0 Å². The Balaban J connectivity index is 1.76. The van der Waals surface area contributed by atoms with Crippen molar-refractivity contribution in [1.82, 2.24) is 10.2 Å². The maximum absolute atomic E-state index is 12.7. The highest BCUT2D eigenvalue weighted by molar-refractivity contribution is 6.35. The Morgan fingerprint density at radius 2 is 2.08 bits per heavy atom. The monoisotopic (exact) mass is 392 g/mol. The first-order valence-electron chi connectivity index (χ1n) is 8.17. The summed E-state index contributed by atoms with van der Waals surface area (Å²) in [6.07, 6.45) is 0. The third-order valence-corrected chi connectivity index (χ3v) is 4.67. The second kappa shape index (κ2) is 7.98. The second-order valence-corrected chi connectivity index (χ2v) is 6.90. The molecule has 0 spiro atoms. The van der Waals surface area contributed by atoms with Gasteiger partial charge in [-0.2, -0.15) is 0 Å². The summed E-state index contributed by atoms with van der Waals surface area (Å²) in [7, 11) is 0. The molecule has 1 atom stereocenters. The number of piperazine rings is 1. The van der Waals surface area contributed by atoms with Gasteiger partial charge < -0.3 is 15.0 Å². The predicted molar refractivity (Wildman–Crippen MR) is 101 cm³/mol. The average molecular weight is 393 g/mol. The van der Waals surface area contributed by atoms with Gasteiger partial charge >= 0.3 is 0 Å². The number of hydrogen-bond acceptors (Lipinski definition) is 3. The van der Waals surface area contributed by atoms with Crippen molar-refractivity contribution in [1.29, 1.82) is 0 Å². The van der Waals surface area contributed by atoms with Gasteiger partial charge in [0, 0.05) is 18.1 Å². The molecule has 0 radical (unpaired) electrons. The van der Waals surface area contributed by atoms with Crippen molar-refractivity contribution in [3.8, 4) is 5.75 Å². The molecule has 0 saturated carbocycles. The summed E-state index contributed by atoms with van der Waals surface area (Å²) in [6.45, 7) is 2.56. The zero-order valence-electron chi connectivity index (χ0n) is 14.2. The van der Waals surface area contributed by atoms with Gasteiger partial charge in [-0.15, -0.1) is 0 Å². The van der Waals surface area contributed by atoms with Crippen LogP contribution in [0.2, 0.25) is 10.0 Å². The van der Waals surface area contributed by atoms with E-state index in [0.717, 1.165) is 11.1 Å². The molecule has 0 aliphatic carbocycles. The molecule has 1 aliphatic rings. The summed E-state index contributed by atoms with van der Waals surface area (Å²) in [6, 6.07) is 11.7. The number of aryl methyl sites for hydroxylation is 1. The van der Waals surface area contributed by atoms with Crippen LogP contribution in [0, 0.1) is 6.92 Å². The summed E-state index contributed by atoms with van der Waals surface area (Å²) in [5.74, 6) is -0.102. The standard InChI is InChI=1S/C19H18Cl2N2O3/c1-12-3-2-4-13(9-12)18-19(25)22-7-8-23(18)17(24)11-26-16-6-5-14(20)10-15(16)21/h2-6,9-10,18H,7-8,11H2,1H3,(H,22,25). The van der Waals surface area contributed by atoms with E-state index < -0.39 is 6.04 Å². The fraction of sp³-hybridized carbons (Fsp3) is 0.263. The molecule has 2 amide bonds. The van der Waals surface area contributed by atoms with E-state index in [1.807, 2.05) is 31.2 Å². The lowest BCUT2D eigenvalue weighted by Gasteiger charge is -2.35. The Hall–Kier alpha value is -2.24. The van der Waals surface area contributed by atoms with Gasteiger partial charge in [0.05, 0.1) is 5.02 Å². The van der Waals surface area contributed by atoms with E-state index in [-0.39, 0.29) is 18.4 Å². The highest BCUT2D eigenvalue weighted by Crippen LogP contribution is 2.28. The van der Waals surface area contributed by atoms with Crippen LogP contribution in [0.1, 0.15) is 17.2 Å². The number of nitrogens with one attached hydrogen (secondary N) is 1. The van der Waals surface area contributed by atoms with Crippen molar-refractivity contribution in [3.05, 3.63) is 63.6 Å². The molecule has 2 aromatic carbocycles. The number of benzene rings is 2. The minimum Gasteiger partial charge on any atom is -0.482 e. The van der Waals surface area contributed by atoms with Crippen LogP contribution < -0.4 is 10.1 Å². The molecule has 1 aliphatic heterocycles. The summed E-state index contributed by atoms with van der Waals surface area (Å²) < 4.78 is 5.54. The Morgan fingerprint density at radius 3 is 2.81 bits per heavy atom. The van der Waals surface area contributed by atoms with Crippen molar-refractivity contribution in [2.75, 3.05) is 19.7 Å². The maximum atomic E-state index is 12.7. The third-order valence-electron chi connectivity index (χ3n) is 4.14. The van der Waals surface area contributed by atoms with Crippen LogP contribution in [0.15, 0.2) is 42.5 Å². The van der Waals surface area contributed by atoms with E-state index >= 15 is 0 Å². The topological polar surface area (TPSA) is 58.6 Å². The Bertz CT molecular complexity index is 841. The molecule has 2 aromatic rings. The zero-order chi connectivity index (χ0) is 18.7. The van der Waals surface area contributed by atoms with Crippen LogP contribution in [-0.2, 0) is 9.59 Å². The molecule has 136 valence electrons. The normalized spacial score (nSPS) is 17.0. The van der Waals surface area contributed by atoms with Crippen LogP contribution in [0.5, 0.6) is 5.75 Å². The van der Waals surface area contributed by atoms with Crippen LogP contribution in [0.3, 0.4) is 0 Å². The molecule has 1 unspecified atom stereocenters. The lowest BCUT2D eigenvalue weighted by Crippen LogP contribution is -2.53. The lowest BCUT2D eigenvalue weighted by atomic mass is 10.0. The molecule has 1 fully saturated rings. The minimum atomic E-state index is -0.666. The first kappa shape index (κ1) is 18.5. The Labute approximate surface area is 161 Å². The van der Waals surface area contributed by atoms with Gasteiger partial charge in [0.25, 0.3) is 5.91 Å². The van der Waals surface area contributed by atoms with E-state index in [1.165, 1.54) is 4.90 Å². The highest BCUT2D eigenvalue weighted by Gasteiger charge is 2.34. The first-order chi connectivity index (χ1) is 12.5. The van der Waals surface area contributed by atoms with Gasteiger partial charge in [0.2, 0.25) is 5.91 Å². The van der Waals surface area contributed by atoms with Gasteiger partial charge in [0.15, 0.2) is 6.61 Å². The number of rotatable bonds is 4. The Kier molecular flexibility index (Phi) is 5.69. The fourth-order valence-corrected chi connectivity index (χ4v) is 3.38. The second-order valence-electron chi connectivity index (χ2n) is 6.06. The summed E-state index contributed by atoms with van der Waals surface area (Å²) in [5, 5.41) is 3.63. The maximum Gasteiger partial charge on any atom is 0.261 e. The minimum absolute atomic E-state index is 0.195. The molecule has 3 rings (SSSR count). The van der Waals surface area contributed by atoms with Crippen molar-refractivity contribution >= 4 is 35.0 Å². The number of ether oxygens (including phenoxy) is 1. The quantitative estimate of drug-likeness (QED) is 0.867. The van der Waals surface area contributed by atoms with Crippen molar-refractivity contribution in [2.24, 2.45) is 0 Å². The zero-order valence-corrected chi connectivity index (χ0v) is 15.7. The molecular weight excluding hydrogens is 375 g/mol. The van der Waals surface area contributed by atoms with Crippen LogP contribution in [0.25, 0.3) is 0 Å². The molecule has 1 N–H and O–H groups in total. The van der Waals surface area contributed by atoms with E-state index in [1.54, 1.807) is 18.2 Å². The number of carbonyl (C=O) groups excluding carboxylic acids is 2.